The Kier molecular flexibility index (Phi) is 4.18. The summed E-state index contributed by atoms with van der Waals surface area (Å²) in [6.07, 6.45) is 3.29. The van der Waals surface area contributed by atoms with Crippen molar-refractivity contribution in [3.05, 3.63) is 58.9 Å². The lowest BCUT2D eigenvalue weighted by molar-refractivity contribution is 0.213. The van der Waals surface area contributed by atoms with Gasteiger partial charge in [0, 0.05) is 29.5 Å². The van der Waals surface area contributed by atoms with Gasteiger partial charge in [-0.05, 0) is 36.8 Å². The van der Waals surface area contributed by atoms with Crippen molar-refractivity contribution in [2.24, 2.45) is 5.73 Å². The number of nitrogens with zero attached hydrogens (tertiary/aromatic N) is 1. The lowest BCUT2D eigenvalue weighted by Gasteiger charge is -2.18. The highest BCUT2D eigenvalue weighted by Crippen LogP contribution is 2.25. The summed E-state index contributed by atoms with van der Waals surface area (Å²) in [7, 11) is 0. The van der Waals surface area contributed by atoms with Crippen molar-refractivity contribution < 1.29 is 4.74 Å². The van der Waals surface area contributed by atoms with Crippen LogP contribution >= 0.6 is 11.6 Å². The Hall–Kier alpha value is -1.58. The van der Waals surface area contributed by atoms with Gasteiger partial charge in [-0.2, -0.15) is 0 Å². The van der Waals surface area contributed by atoms with Crippen LogP contribution in [0.5, 0.6) is 5.75 Å². The number of rotatable bonds is 4. The molecule has 1 heterocycles. The summed E-state index contributed by atoms with van der Waals surface area (Å²) < 4.78 is 5.86. The predicted molar refractivity (Wildman–Crippen MR) is 72.8 cm³/mol. The number of aryl methyl sites for hydroxylation is 1. The Labute approximate surface area is 112 Å². The van der Waals surface area contributed by atoms with Crippen LogP contribution in [0.4, 0.5) is 0 Å². The van der Waals surface area contributed by atoms with E-state index in [9.17, 15) is 0 Å². The molecule has 4 heteroatoms. The van der Waals surface area contributed by atoms with Crippen molar-refractivity contribution in [2.45, 2.75) is 13.0 Å². The van der Waals surface area contributed by atoms with E-state index in [-0.39, 0.29) is 6.10 Å². The van der Waals surface area contributed by atoms with E-state index in [1.807, 2.05) is 37.3 Å². The van der Waals surface area contributed by atoms with E-state index >= 15 is 0 Å². The summed E-state index contributed by atoms with van der Waals surface area (Å²) in [4.78, 5) is 4.07. The van der Waals surface area contributed by atoms with Crippen LogP contribution in [0.3, 0.4) is 0 Å². The Morgan fingerprint density at radius 3 is 2.83 bits per heavy atom. The number of pyridine rings is 1. The van der Waals surface area contributed by atoms with Crippen LogP contribution in [-0.2, 0) is 0 Å². The monoisotopic (exact) mass is 262 g/mol. The van der Waals surface area contributed by atoms with Crippen molar-refractivity contribution in [1.82, 2.24) is 4.98 Å². The normalized spacial score (nSPS) is 12.2. The summed E-state index contributed by atoms with van der Waals surface area (Å²) in [5.74, 6) is 0.760. The summed E-state index contributed by atoms with van der Waals surface area (Å²) >= 11 is 5.98. The third-order valence-corrected chi connectivity index (χ3v) is 3.10. The molecular weight excluding hydrogens is 248 g/mol. The molecule has 18 heavy (non-hydrogen) atoms. The zero-order valence-electron chi connectivity index (χ0n) is 10.1. The SMILES string of the molecule is Cc1cc(OC(CN)c2cccnc2)ccc1Cl. The minimum atomic E-state index is -0.195. The predicted octanol–water partition coefficient (Wildman–Crippen LogP) is 3.12. The number of nitrogens with two attached hydrogens (primary N) is 1. The highest BCUT2D eigenvalue weighted by molar-refractivity contribution is 6.31. The van der Waals surface area contributed by atoms with E-state index in [2.05, 4.69) is 4.98 Å². The van der Waals surface area contributed by atoms with Crippen molar-refractivity contribution >= 4 is 11.6 Å². The number of hydrogen-bond acceptors (Lipinski definition) is 3. The smallest absolute Gasteiger partial charge is 0.137 e. The molecule has 1 atom stereocenters. The molecule has 0 fully saturated rings. The van der Waals surface area contributed by atoms with Gasteiger partial charge < -0.3 is 10.5 Å². The summed E-state index contributed by atoms with van der Waals surface area (Å²) in [6, 6.07) is 9.39. The van der Waals surface area contributed by atoms with Crippen molar-refractivity contribution in [1.29, 1.82) is 0 Å². The first kappa shape index (κ1) is 12.9. The highest BCUT2D eigenvalue weighted by atomic mass is 35.5. The van der Waals surface area contributed by atoms with Gasteiger partial charge in [0.15, 0.2) is 0 Å². The van der Waals surface area contributed by atoms with Gasteiger partial charge in [0.2, 0.25) is 0 Å². The fourth-order valence-corrected chi connectivity index (χ4v) is 1.79. The molecule has 0 spiro atoms. The lowest BCUT2D eigenvalue weighted by Crippen LogP contribution is -2.18. The highest BCUT2D eigenvalue weighted by Gasteiger charge is 2.11. The zero-order valence-corrected chi connectivity index (χ0v) is 10.9. The maximum atomic E-state index is 5.98. The maximum absolute atomic E-state index is 5.98. The first-order valence-corrected chi connectivity index (χ1v) is 6.11. The molecule has 1 unspecified atom stereocenters. The minimum absolute atomic E-state index is 0.195. The molecule has 0 aliphatic heterocycles. The molecule has 0 saturated carbocycles. The third kappa shape index (κ3) is 3.00. The van der Waals surface area contributed by atoms with Gasteiger partial charge >= 0.3 is 0 Å². The van der Waals surface area contributed by atoms with Crippen molar-refractivity contribution in [3.63, 3.8) is 0 Å². The quantitative estimate of drug-likeness (QED) is 0.921. The fourth-order valence-electron chi connectivity index (χ4n) is 1.67. The van der Waals surface area contributed by atoms with E-state index in [4.69, 9.17) is 22.1 Å². The molecule has 0 amide bonds. The zero-order chi connectivity index (χ0) is 13.0. The summed E-state index contributed by atoms with van der Waals surface area (Å²) in [5.41, 5.74) is 7.69. The molecule has 0 aliphatic carbocycles. The van der Waals surface area contributed by atoms with Gasteiger partial charge in [0.25, 0.3) is 0 Å². The molecule has 0 saturated heterocycles. The van der Waals surface area contributed by atoms with Gasteiger partial charge in [0.05, 0.1) is 0 Å². The number of halogens is 1. The lowest BCUT2D eigenvalue weighted by atomic mass is 10.1. The average Bonchev–Trinajstić information content (AvgIpc) is 2.41. The van der Waals surface area contributed by atoms with E-state index in [1.165, 1.54) is 0 Å². The number of ether oxygens (including phenoxy) is 1. The van der Waals surface area contributed by atoms with Crippen LogP contribution in [0.2, 0.25) is 5.02 Å². The fraction of sp³-hybridized carbons (Fsp3) is 0.214. The molecule has 94 valence electrons. The maximum Gasteiger partial charge on any atom is 0.137 e. The van der Waals surface area contributed by atoms with E-state index in [0.29, 0.717) is 6.54 Å². The van der Waals surface area contributed by atoms with Crippen LogP contribution in [0.1, 0.15) is 17.2 Å². The molecule has 3 nitrogen and oxygen atoms in total. The molecule has 0 radical (unpaired) electrons. The summed E-state index contributed by atoms with van der Waals surface area (Å²) in [5, 5.41) is 0.730. The Morgan fingerprint density at radius 1 is 1.39 bits per heavy atom. The Balaban J connectivity index is 2.18. The molecular formula is C14H15ClN2O. The second kappa shape index (κ2) is 5.85. The standard InChI is InChI=1S/C14H15ClN2O/c1-10-7-12(4-5-13(10)15)18-14(8-16)11-3-2-6-17-9-11/h2-7,9,14H,8,16H2,1H3. The Morgan fingerprint density at radius 2 is 2.22 bits per heavy atom. The number of aromatic nitrogens is 1. The van der Waals surface area contributed by atoms with Crippen LogP contribution in [0.25, 0.3) is 0 Å². The number of benzene rings is 1. The van der Waals surface area contributed by atoms with E-state index < -0.39 is 0 Å². The van der Waals surface area contributed by atoms with Gasteiger partial charge in [-0.25, -0.2) is 0 Å². The average molecular weight is 263 g/mol. The summed E-state index contributed by atoms with van der Waals surface area (Å²) in [6.45, 7) is 2.34. The van der Waals surface area contributed by atoms with Gasteiger partial charge in [0.1, 0.15) is 11.9 Å². The molecule has 2 N–H and O–H groups in total. The topological polar surface area (TPSA) is 48.1 Å². The van der Waals surface area contributed by atoms with E-state index in [1.54, 1.807) is 12.4 Å². The second-order valence-corrected chi connectivity index (χ2v) is 4.45. The third-order valence-electron chi connectivity index (χ3n) is 2.68. The van der Waals surface area contributed by atoms with Crippen LogP contribution < -0.4 is 10.5 Å². The van der Waals surface area contributed by atoms with Crippen LogP contribution in [0.15, 0.2) is 42.7 Å². The van der Waals surface area contributed by atoms with Gasteiger partial charge in [-0.1, -0.05) is 17.7 Å². The van der Waals surface area contributed by atoms with E-state index in [0.717, 1.165) is 21.9 Å². The van der Waals surface area contributed by atoms with Crippen molar-refractivity contribution in [3.8, 4) is 5.75 Å². The first-order chi connectivity index (χ1) is 8.70. The first-order valence-electron chi connectivity index (χ1n) is 5.73. The molecule has 2 aromatic rings. The Bertz CT molecular complexity index is 516. The molecule has 0 bridgehead atoms. The van der Waals surface area contributed by atoms with Crippen molar-refractivity contribution in [2.75, 3.05) is 6.54 Å². The second-order valence-electron chi connectivity index (χ2n) is 4.04. The molecule has 1 aromatic heterocycles. The molecule has 0 aliphatic rings. The van der Waals surface area contributed by atoms with Crippen LogP contribution in [0, 0.1) is 6.92 Å². The minimum Gasteiger partial charge on any atom is -0.484 e. The van der Waals surface area contributed by atoms with Gasteiger partial charge in [-0.15, -0.1) is 0 Å². The van der Waals surface area contributed by atoms with Gasteiger partial charge in [-0.3, -0.25) is 4.98 Å². The molecule has 1 aromatic carbocycles. The number of hydrogen-bond donors (Lipinski definition) is 1. The molecule has 2 rings (SSSR count). The largest absolute Gasteiger partial charge is 0.484 e. The van der Waals surface area contributed by atoms with Crippen LogP contribution in [-0.4, -0.2) is 11.5 Å².